The molecule has 0 bridgehead atoms. The molecule has 5 heteroatoms. The third-order valence-corrected chi connectivity index (χ3v) is 4.58. The van der Waals surface area contributed by atoms with Crippen LogP contribution in [0.3, 0.4) is 0 Å². The summed E-state index contributed by atoms with van der Waals surface area (Å²) >= 11 is 0. The molecular weight excluding hydrogens is 316 g/mol. The molecule has 1 heterocycles. The Kier molecular flexibility index (Phi) is 7.29. The summed E-state index contributed by atoms with van der Waals surface area (Å²) in [6.07, 6.45) is 3.94. The van der Waals surface area contributed by atoms with Crippen molar-refractivity contribution in [3.63, 3.8) is 0 Å². The Balaban J connectivity index is 1.96. The normalized spacial score (nSPS) is 16.4. The predicted molar refractivity (Wildman–Crippen MR) is 99.5 cm³/mol. The van der Waals surface area contributed by atoms with Gasteiger partial charge in [-0.25, -0.2) is 4.79 Å². The molecule has 0 unspecified atom stereocenters. The highest BCUT2D eigenvalue weighted by atomic mass is 16.5. The van der Waals surface area contributed by atoms with E-state index in [0.717, 1.165) is 44.5 Å². The minimum atomic E-state index is -0.727. The number of benzene rings is 1. The SMILES string of the molecule is CCCC[C@@H](Nc1ccc(C)cc1)C(=O)O[C@@H](C)C(=O)N1CCCC1. The lowest BCUT2D eigenvalue weighted by Crippen LogP contribution is -2.41. The van der Waals surface area contributed by atoms with Crippen molar-refractivity contribution in [1.82, 2.24) is 4.90 Å². The van der Waals surface area contributed by atoms with Gasteiger partial charge >= 0.3 is 5.97 Å². The molecule has 2 atom stereocenters. The Morgan fingerprint density at radius 2 is 1.84 bits per heavy atom. The number of hydrogen-bond acceptors (Lipinski definition) is 4. The zero-order valence-corrected chi connectivity index (χ0v) is 15.6. The standard InChI is InChI=1S/C20H30N2O3/c1-4-5-8-18(21-17-11-9-15(2)10-12-17)20(24)25-16(3)19(23)22-13-6-7-14-22/h9-12,16,18,21H,4-8,13-14H2,1-3H3/t16-,18+/m0/s1. The number of anilines is 1. The smallest absolute Gasteiger partial charge is 0.329 e. The van der Waals surface area contributed by atoms with Crippen molar-refractivity contribution in [3.8, 4) is 0 Å². The highest BCUT2D eigenvalue weighted by Crippen LogP contribution is 2.16. The van der Waals surface area contributed by atoms with Gasteiger partial charge in [-0.05, 0) is 45.2 Å². The van der Waals surface area contributed by atoms with E-state index in [9.17, 15) is 9.59 Å². The fourth-order valence-electron chi connectivity index (χ4n) is 3.01. The summed E-state index contributed by atoms with van der Waals surface area (Å²) in [5.41, 5.74) is 2.06. The van der Waals surface area contributed by atoms with Gasteiger partial charge in [-0.1, -0.05) is 37.5 Å². The molecule has 0 aliphatic carbocycles. The van der Waals surface area contributed by atoms with Gasteiger partial charge in [0.25, 0.3) is 5.91 Å². The number of nitrogens with one attached hydrogen (secondary N) is 1. The Bertz CT molecular complexity index is 565. The highest BCUT2D eigenvalue weighted by Gasteiger charge is 2.28. The van der Waals surface area contributed by atoms with Crippen LogP contribution in [-0.4, -0.2) is 42.0 Å². The predicted octanol–water partition coefficient (Wildman–Crippen LogP) is 3.52. The van der Waals surface area contributed by atoms with Crippen LogP contribution >= 0.6 is 0 Å². The summed E-state index contributed by atoms with van der Waals surface area (Å²) in [6, 6.07) is 7.49. The second kappa shape index (κ2) is 9.44. The molecule has 1 aromatic rings. The molecule has 1 fully saturated rings. The topological polar surface area (TPSA) is 58.6 Å². The van der Waals surface area contributed by atoms with Crippen LogP contribution in [0.15, 0.2) is 24.3 Å². The quantitative estimate of drug-likeness (QED) is 0.732. The number of rotatable bonds is 8. The Morgan fingerprint density at radius 1 is 1.20 bits per heavy atom. The minimum absolute atomic E-state index is 0.0876. The molecular formula is C20H30N2O3. The Hall–Kier alpha value is -2.04. The van der Waals surface area contributed by atoms with Crippen molar-refractivity contribution in [1.29, 1.82) is 0 Å². The summed E-state index contributed by atoms with van der Waals surface area (Å²) < 4.78 is 5.49. The number of esters is 1. The number of nitrogens with zero attached hydrogens (tertiary/aromatic N) is 1. The highest BCUT2D eigenvalue weighted by molar-refractivity contribution is 5.86. The van der Waals surface area contributed by atoms with Crippen molar-refractivity contribution >= 4 is 17.6 Å². The van der Waals surface area contributed by atoms with Crippen LogP contribution in [0.25, 0.3) is 0 Å². The lowest BCUT2D eigenvalue weighted by molar-refractivity contribution is -0.159. The van der Waals surface area contributed by atoms with Gasteiger partial charge in [-0.3, -0.25) is 4.79 Å². The zero-order chi connectivity index (χ0) is 18.2. The number of unbranched alkanes of at least 4 members (excludes halogenated alkanes) is 1. The molecule has 1 aromatic carbocycles. The van der Waals surface area contributed by atoms with Crippen LogP contribution in [0.4, 0.5) is 5.69 Å². The molecule has 1 aliphatic heterocycles. The van der Waals surface area contributed by atoms with E-state index in [1.165, 1.54) is 5.56 Å². The van der Waals surface area contributed by atoms with E-state index in [0.29, 0.717) is 6.42 Å². The maximum Gasteiger partial charge on any atom is 0.329 e. The van der Waals surface area contributed by atoms with Gasteiger partial charge in [0.2, 0.25) is 0 Å². The average molecular weight is 346 g/mol. The first-order chi connectivity index (χ1) is 12.0. The summed E-state index contributed by atoms with van der Waals surface area (Å²) in [5, 5.41) is 3.26. The van der Waals surface area contributed by atoms with Crippen molar-refractivity contribution in [2.45, 2.75) is 65.0 Å². The van der Waals surface area contributed by atoms with E-state index in [2.05, 4.69) is 12.2 Å². The van der Waals surface area contributed by atoms with Gasteiger partial charge in [0.05, 0.1) is 0 Å². The zero-order valence-electron chi connectivity index (χ0n) is 15.6. The molecule has 0 radical (unpaired) electrons. The average Bonchev–Trinajstić information content (AvgIpc) is 3.14. The number of carbonyl (C=O) groups is 2. The van der Waals surface area contributed by atoms with Gasteiger partial charge < -0.3 is 15.0 Å². The lowest BCUT2D eigenvalue weighted by Gasteiger charge is -2.24. The number of aryl methyl sites for hydroxylation is 1. The summed E-state index contributed by atoms with van der Waals surface area (Å²) in [4.78, 5) is 26.7. The van der Waals surface area contributed by atoms with Crippen molar-refractivity contribution in [2.75, 3.05) is 18.4 Å². The molecule has 1 aliphatic rings. The minimum Gasteiger partial charge on any atom is -0.451 e. The van der Waals surface area contributed by atoms with Gasteiger partial charge in [-0.15, -0.1) is 0 Å². The second-order valence-corrected chi connectivity index (χ2v) is 6.82. The second-order valence-electron chi connectivity index (χ2n) is 6.82. The summed E-state index contributed by atoms with van der Waals surface area (Å²) in [7, 11) is 0. The van der Waals surface area contributed by atoms with Gasteiger partial charge in [0.1, 0.15) is 6.04 Å². The first kappa shape index (κ1) is 19.3. The third kappa shape index (κ3) is 5.76. The van der Waals surface area contributed by atoms with E-state index in [1.54, 1.807) is 11.8 Å². The fourth-order valence-corrected chi connectivity index (χ4v) is 3.01. The summed E-state index contributed by atoms with van der Waals surface area (Å²) in [6.45, 7) is 7.32. The van der Waals surface area contributed by atoms with E-state index in [1.807, 2.05) is 31.2 Å². The van der Waals surface area contributed by atoms with E-state index < -0.39 is 12.1 Å². The number of carbonyl (C=O) groups excluding carboxylic acids is 2. The van der Waals surface area contributed by atoms with Crippen molar-refractivity contribution in [3.05, 3.63) is 29.8 Å². The van der Waals surface area contributed by atoms with Crippen LogP contribution in [0.5, 0.6) is 0 Å². The van der Waals surface area contributed by atoms with Gasteiger partial charge in [-0.2, -0.15) is 0 Å². The molecule has 5 nitrogen and oxygen atoms in total. The molecule has 0 aromatic heterocycles. The van der Waals surface area contributed by atoms with Crippen LogP contribution in [0, 0.1) is 6.92 Å². The van der Waals surface area contributed by atoms with E-state index in [4.69, 9.17) is 4.74 Å². The summed E-state index contributed by atoms with van der Waals surface area (Å²) in [5.74, 6) is -0.440. The Labute approximate surface area is 150 Å². The molecule has 1 amide bonds. The molecule has 1 saturated heterocycles. The number of amides is 1. The molecule has 0 saturated carbocycles. The van der Waals surface area contributed by atoms with Crippen LogP contribution in [-0.2, 0) is 14.3 Å². The monoisotopic (exact) mass is 346 g/mol. The van der Waals surface area contributed by atoms with Crippen molar-refractivity contribution in [2.24, 2.45) is 0 Å². The van der Waals surface area contributed by atoms with E-state index in [-0.39, 0.29) is 11.9 Å². The molecule has 1 N–H and O–H groups in total. The number of hydrogen-bond donors (Lipinski definition) is 1. The largest absolute Gasteiger partial charge is 0.451 e. The van der Waals surface area contributed by atoms with Crippen LogP contribution in [0.1, 0.15) is 51.5 Å². The molecule has 138 valence electrons. The maximum atomic E-state index is 12.6. The fraction of sp³-hybridized carbons (Fsp3) is 0.600. The molecule has 25 heavy (non-hydrogen) atoms. The molecule has 0 spiro atoms. The van der Waals surface area contributed by atoms with E-state index >= 15 is 0 Å². The lowest BCUT2D eigenvalue weighted by atomic mass is 10.1. The number of ether oxygens (including phenoxy) is 1. The first-order valence-electron chi connectivity index (χ1n) is 9.33. The van der Waals surface area contributed by atoms with Crippen molar-refractivity contribution < 1.29 is 14.3 Å². The van der Waals surface area contributed by atoms with Crippen LogP contribution < -0.4 is 5.32 Å². The third-order valence-electron chi connectivity index (χ3n) is 4.58. The number of likely N-dealkylation sites (tertiary alicyclic amines) is 1. The van der Waals surface area contributed by atoms with Crippen LogP contribution in [0.2, 0.25) is 0 Å². The van der Waals surface area contributed by atoms with Gasteiger partial charge in [0.15, 0.2) is 6.10 Å². The van der Waals surface area contributed by atoms with Gasteiger partial charge in [0, 0.05) is 18.8 Å². The molecule has 2 rings (SSSR count). The maximum absolute atomic E-state index is 12.6. The Morgan fingerprint density at radius 3 is 2.44 bits per heavy atom. The first-order valence-corrected chi connectivity index (χ1v) is 9.33.